The molecular weight excluding hydrogens is 723 g/mol. The van der Waals surface area contributed by atoms with E-state index in [1.165, 1.54) is 116 Å². The standard InChI is InChI=1S/C47H85O8P/c1-3-5-7-9-11-13-15-17-19-20-21-22-23-24-25-26-28-30-32-34-36-38-40-42-47(49)55-45(44-54-56(50,51)52)43-53-46(48)41-39-37-35-33-31-29-27-18-16-14-12-10-8-6-4-2/h12,14-15,17-18,20-21,27,45H,3-11,13,16,19,22-26,28-44H2,1-2H3,(H2,50,51,52)/b14-12-,17-15-,21-20-,27-18-. The summed E-state index contributed by atoms with van der Waals surface area (Å²) in [6.07, 6.45) is 52.6. The minimum atomic E-state index is -4.76. The number of phosphoric ester groups is 1. The molecule has 1 atom stereocenters. The van der Waals surface area contributed by atoms with Crippen LogP contribution in [0.25, 0.3) is 0 Å². The molecule has 0 aromatic rings. The minimum Gasteiger partial charge on any atom is -0.462 e. The van der Waals surface area contributed by atoms with Crippen LogP contribution in [-0.2, 0) is 28.2 Å². The molecule has 0 bridgehead atoms. The Labute approximate surface area is 344 Å². The van der Waals surface area contributed by atoms with Crippen LogP contribution in [0.5, 0.6) is 0 Å². The Hall–Kier alpha value is -1.99. The number of carbonyl (C=O) groups excluding carboxylic acids is 2. The van der Waals surface area contributed by atoms with Crippen LogP contribution in [0.15, 0.2) is 48.6 Å². The average molecular weight is 809 g/mol. The van der Waals surface area contributed by atoms with Crippen LogP contribution in [0.4, 0.5) is 0 Å². The molecule has 2 N–H and O–H groups in total. The molecule has 326 valence electrons. The maximum Gasteiger partial charge on any atom is 0.469 e. The first-order chi connectivity index (χ1) is 27.3. The van der Waals surface area contributed by atoms with Crippen molar-refractivity contribution in [2.75, 3.05) is 13.2 Å². The van der Waals surface area contributed by atoms with Crippen LogP contribution in [0.2, 0.25) is 0 Å². The molecule has 8 nitrogen and oxygen atoms in total. The summed E-state index contributed by atoms with van der Waals surface area (Å²) in [6, 6.07) is 0. The normalized spacial score (nSPS) is 12.9. The van der Waals surface area contributed by atoms with E-state index in [4.69, 9.17) is 19.3 Å². The lowest BCUT2D eigenvalue weighted by Gasteiger charge is -2.18. The summed E-state index contributed by atoms with van der Waals surface area (Å²) >= 11 is 0. The monoisotopic (exact) mass is 809 g/mol. The largest absolute Gasteiger partial charge is 0.469 e. The number of phosphoric acid groups is 1. The quantitative estimate of drug-likeness (QED) is 0.0271. The molecule has 0 amide bonds. The van der Waals surface area contributed by atoms with E-state index >= 15 is 0 Å². The fraction of sp³-hybridized carbons (Fsp3) is 0.787. The molecule has 0 fully saturated rings. The summed E-state index contributed by atoms with van der Waals surface area (Å²) in [4.78, 5) is 42.9. The first-order valence-electron chi connectivity index (χ1n) is 22.9. The number of allylic oxidation sites excluding steroid dienone is 8. The number of rotatable bonds is 42. The van der Waals surface area contributed by atoms with E-state index in [9.17, 15) is 14.2 Å². The Morgan fingerprint density at radius 2 is 0.804 bits per heavy atom. The molecule has 0 radical (unpaired) electrons. The second kappa shape index (κ2) is 42.6. The Morgan fingerprint density at radius 3 is 1.21 bits per heavy atom. The van der Waals surface area contributed by atoms with Gasteiger partial charge in [-0.1, -0.05) is 178 Å². The SMILES string of the molecule is CCCCC/C=C\C/C=C\CCCCCCCC(=O)OCC(COP(=O)(O)O)OC(=O)CCCCCCCCCCCCC/C=C\C/C=C\CCCCCCC. The zero-order chi connectivity index (χ0) is 41.1. The van der Waals surface area contributed by atoms with Crippen molar-refractivity contribution in [2.24, 2.45) is 0 Å². The first-order valence-corrected chi connectivity index (χ1v) is 24.5. The number of hydrogen-bond donors (Lipinski definition) is 2. The third-order valence-electron chi connectivity index (χ3n) is 9.82. The second-order valence-electron chi connectivity index (χ2n) is 15.4. The molecule has 0 spiro atoms. The molecule has 0 aromatic heterocycles. The smallest absolute Gasteiger partial charge is 0.462 e. The van der Waals surface area contributed by atoms with Gasteiger partial charge in [-0.3, -0.25) is 14.1 Å². The van der Waals surface area contributed by atoms with Crippen molar-refractivity contribution in [2.45, 2.75) is 225 Å². The molecule has 0 aliphatic heterocycles. The van der Waals surface area contributed by atoms with Crippen molar-refractivity contribution in [3.8, 4) is 0 Å². The molecule has 56 heavy (non-hydrogen) atoms. The highest BCUT2D eigenvalue weighted by molar-refractivity contribution is 7.46. The zero-order valence-corrected chi connectivity index (χ0v) is 36.9. The number of carbonyl (C=O) groups is 2. The molecule has 0 heterocycles. The number of ether oxygens (including phenoxy) is 2. The molecular formula is C47H85O8P. The molecule has 0 saturated heterocycles. The van der Waals surface area contributed by atoms with Gasteiger partial charge in [0.15, 0.2) is 6.10 Å². The molecule has 0 aliphatic rings. The molecule has 0 aromatic carbocycles. The van der Waals surface area contributed by atoms with Crippen LogP contribution in [0.1, 0.15) is 219 Å². The lowest BCUT2D eigenvalue weighted by molar-refractivity contribution is -0.161. The predicted octanol–water partition coefficient (Wildman–Crippen LogP) is 14.3. The molecule has 0 aliphatic carbocycles. The van der Waals surface area contributed by atoms with Gasteiger partial charge in [0.25, 0.3) is 0 Å². The number of hydrogen-bond acceptors (Lipinski definition) is 6. The van der Waals surface area contributed by atoms with Crippen molar-refractivity contribution in [3.63, 3.8) is 0 Å². The van der Waals surface area contributed by atoms with Gasteiger partial charge in [0, 0.05) is 12.8 Å². The Morgan fingerprint density at radius 1 is 0.464 bits per heavy atom. The summed E-state index contributed by atoms with van der Waals surface area (Å²) < 4.78 is 26.4. The summed E-state index contributed by atoms with van der Waals surface area (Å²) in [5.41, 5.74) is 0. The number of esters is 2. The van der Waals surface area contributed by atoms with Gasteiger partial charge in [-0.05, 0) is 77.0 Å². The highest BCUT2D eigenvalue weighted by Gasteiger charge is 2.22. The zero-order valence-electron chi connectivity index (χ0n) is 36.0. The minimum absolute atomic E-state index is 0.206. The summed E-state index contributed by atoms with van der Waals surface area (Å²) in [5.74, 6) is -0.900. The third kappa shape index (κ3) is 44.7. The fourth-order valence-electron chi connectivity index (χ4n) is 6.38. The second-order valence-corrected chi connectivity index (χ2v) is 16.6. The molecule has 1 unspecified atom stereocenters. The van der Waals surface area contributed by atoms with Crippen LogP contribution >= 0.6 is 7.82 Å². The van der Waals surface area contributed by atoms with E-state index in [0.717, 1.165) is 64.2 Å². The maximum atomic E-state index is 12.4. The lowest BCUT2D eigenvalue weighted by atomic mass is 10.0. The van der Waals surface area contributed by atoms with Gasteiger partial charge in [0.05, 0.1) is 6.61 Å². The summed E-state index contributed by atoms with van der Waals surface area (Å²) in [7, 11) is -4.76. The van der Waals surface area contributed by atoms with Gasteiger partial charge in [-0.25, -0.2) is 4.57 Å². The van der Waals surface area contributed by atoms with Crippen LogP contribution < -0.4 is 0 Å². The summed E-state index contributed by atoms with van der Waals surface area (Å²) in [6.45, 7) is 3.65. The topological polar surface area (TPSA) is 119 Å². The third-order valence-corrected chi connectivity index (χ3v) is 10.3. The van der Waals surface area contributed by atoms with E-state index in [1.807, 2.05) is 0 Å². The Bertz CT molecular complexity index is 1050. The van der Waals surface area contributed by atoms with Gasteiger partial charge >= 0.3 is 19.8 Å². The lowest BCUT2D eigenvalue weighted by Crippen LogP contribution is -2.29. The van der Waals surface area contributed by atoms with Gasteiger partial charge in [-0.15, -0.1) is 0 Å². The van der Waals surface area contributed by atoms with E-state index in [1.54, 1.807) is 0 Å². The Kier molecular flexibility index (Phi) is 41.1. The van der Waals surface area contributed by atoms with Gasteiger partial charge in [-0.2, -0.15) is 0 Å². The molecule has 0 saturated carbocycles. The highest BCUT2D eigenvalue weighted by atomic mass is 31.2. The van der Waals surface area contributed by atoms with Crippen LogP contribution in [0, 0.1) is 0 Å². The van der Waals surface area contributed by atoms with Crippen molar-refractivity contribution in [3.05, 3.63) is 48.6 Å². The first kappa shape index (κ1) is 54.0. The molecule has 0 rings (SSSR count). The van der Waals surface area contributed by atoms with Crippen molar-refractivity contribution >= 4 is 19.8 Å². The average Bonchev–Trinajstić information content (AvgIpc) is 3.17. The van der Waals surface area contributed by atoms with Crippen molar-refractivity contribution in [1.82, 2.24) is 0 Å². The van der Waals surface area contributed by atoms with E-state index in [2.05, 4.69) is 67.0 Å². The number of unbranched alkanes of at least 4 members (excludes halogenated alkanes) is 24. The Balaban J connectivity index is 3.87. The predicted molar refractivity (Wildman–Crippen MR) is 234 cm³/mol. The summed E-state index contributed by atoms with van der Waals surface area (Å²) in [5, 5.41) is 0. The van der Waals surface area contributed by atoms with E-state index in [-0.39, 0.29) is 19.4 Å². The van der Waals surface area contributed by atoms with Gasteiger partial charge in [0.1, 0.15) is 6.61 Å². The van der Waals surface area contributed by atoms with Gasteiger partial charge in [0.2, 0.25) is 0 Å². The highest BCUT2D eigenvalue weighted by Crippen LogP contribution is 2.36. The van der Waals surface area contributed by atoms with Gasteiger partial charge < -0.3 is 19.3 Å². The fourth-order valence-corrected chi connectivity index (χ4v) is 6.74. The van der Waals surface area contributed by atoms with Crippen LogP contribution in [0.3, 0.4) is 0 Å². The van der Waals surface area contributed by atoms with E-state index in [0.29, 0.717) is 12.8 Å². The maximum absolute atomic E-state index is 12.4. The van der Waals surface area contributed by atoms with E-state index < -0.39 is 32.5 Å². The van der Waals surface area contributed by atoms with Crippen molar-refractivity contribution < 1.29 is 37.9 Å². The van der Waals surface area contributed by atoms with Crippen LogP contribution in [-0.4, -0.2) is 41.0 Å². The molecule has 9 heteroatoms. The van der Waals surface area contributed by atoms with Crippen molar-refractivity contribution in [1.29, 1.82) is 0 Å².